The van der Waals surface area contributed by atoms with Crippen molar-refractivity contribution in [2.24, 2.45) is 0 Å². The second kappa shape index (κ2) is 9.87. The van der Waals surface area contributed by atoms with Gasteiger partial charge < -0.3 is 4.90 Å². The van der Waals surface area contributed by atoms with Crippen molar-refractivity contribution in [2.45, 2.75) is 6.92 Å². The number of hydrogen-bond acceptors (Lipinski definition) is 1. The van der Waals surface area contributed by atoms with Crippen LogP contribution in [-0.4, -0.2) is 0 Å². The van der Waals surface area contributed by atoms with Crippen molar-refractivity contribution in [1.82, 2.24) is 0 Å². The van der Waals surface area contributed by atoms with Crippen LogP contribution in [0.5, 0.6) is 0 Å². The Balaban J connectivity index is 1.41. The van der Waals surface area contributed by atoms with Crippen LogP contribution < -0.4 is 4.90 Å². The molecule has 0 bridgehead atoms. The van der Waals surface area contributed by atoms with Gasteiger partial charge in [0.15, 0.2) is 0 Å². The second-order valence-electron chi connectivity index (χ2n) is 10.4. The molecule has 0 amide bonds. The van der Waals surface area contributed by atoms with E-state index in [0.29, 0.717) is 0 Å². The van der Waals surface area contributed by atoms with E-state index >= 15 is 0 Å². The van der Waals surface area contributed by atoms with Crippen LogP contribution in [0, 0.1) is 0 Å². The summed E-state index contributed by atoms with van der Waals surface area (Å²) in [5, 5.41) is 7.61. The molecule has 0 heterocycles. The molecule has 0 atom stereocenters. The van der Waals surface area contributed by atoms with Crippen LogP contribution >= 0.6 is 0 Å². The maximum absolute atomic E-state index is 4.13. The minimum Gasteiger partial charge on any atom is -0.310 e. The Labute approximate surface area is 235 Å². The Morgan fingerprint density at radius 2 is 0.975 bits per heavy atom. The zero-order valence-corrected chi connectivity index (χ0v) is 22.5. The Morgan fingerprint density at radius 3 is 1.68 bits per heavy atom. The molecule has 7 aromatic rings. The number of anilines is 3. The maximum Gasteiger partial charge on any atom is 0.0468 e. The SMILES string of the molecule is C=C(C)c1ccc(N(c2ccc(-c3ccccc3)cc2)c2ccc3ccc4c5ccccc5ccc4c3c2)cc1. The van der Waals surface area contributed by atoms with E-state index in [0.717, 1.165) is 28.2 Å². The molecule has 0 saturated carbocycles. The van der Waals surface area contributed by atoms with Gasteiger partial charge in [-0.2, -0.15) is 0 Å². The molecular weight excluding hydrogens is 482 g/mol. The third-order valence-electron chi connectivity index (χ3n) is 7.84. The third kappa shape index (κ3) is 4.22. The van der Waals surface area contributed by atoms with Crippen LogP contribution in [0.2, 0.25) is 0 Å². The van der Waals surface area contributed by atoms with E-state index in [-0.39, 0.29) is 0 Å². The minimum absolute atomic E-state index is 1.06. The molecule has 0 unspecified atom stereocenters. The van der Waals surface area contributed by atoms with Gasteiger partial charge in [-0.1, -0.05) is 121 Å². The van der Waals surface area contributed by atoms with Gasteiger partial charge in [0, 0.05) is 17.1 Å². The Hall–Kier alpha value is -5.14. The number of hydrogen-bond donors (Lipinski definition) is 0. The number of fused-ring (bicyclic) bond motifs is 5. The van der Waals surface area contributed by atoms with Gasteiger partial charge in [-0.3, -0.25) is 0 Å². The van der Waals surface area contributed by atoms with E-state index in [1.54, 1.807) is 0 Å². The van der Waals surface area contributed by atoms with Crippen LogP contribution in [0.3, 0.4) is 0 Å². The van der Waals surface area contributed by atoms with E-state index in [9.17, 15) is 0 Å². The molecule has 1 heteroatoms. The summed E-state index contributed by atoms with van der Waals surface area (Å²) in [5.74, 6) is 0. The van der Waals surface area contributed by atoms with E-state index < -0.39 is 0 Å². The molecule has 0 aromatic heterocycles. The summed E-state index contributed by atoms with van der Waals surface area (Å²) in [5.41, 5.74) is 8.00. The van der Waals surface area contributed by atoms with Crippen molar-refractivity contribution in [2.75, 3.05) is 4.90 Å². The molecule has 0 aliphatic heterocycles. The van der Waals surface area contributed by atoms with E-state index in [4.69, 9.17) is 0 Å². The van der Waals surface area contributed by atoms with Gasteiger partial charge in [0.1, 0.15) is 0 Å². The molecule has 40 heavy (non-hydrogen) atoms. The van der Waals surface area contributed by atoms with Crippen LogP contribution in [-0.2, 0) is 0 Å². The predicted octanol–water partition coefficient (Wildman–Crippen LogP) is 11.3. The van der Waals surface area contributed by atoms with Crippen molar-refractivity contribution >= 4 is 55.0 Å². The highest BCUT2D eigenvalue weighted by Gasteiger charge is 2.15. The first kappa shape index (κ1) is 23.9. The third-order valence-corrected chi connectivity index (χ3v) is 7.84. The fourth-order valence-electron chi connectivity index (χ4n) is 5.72. The highest BCUT2D eigenvalue weighted by atomic mass is 15.1. The lowest BCUT2D eigenvalue weighted by atomic mass is 9.96. The molecule has 0 aliphatic rings. The molecule has 0 radical (unpaired) electrons. The molecule has 0 aliphatic carbocycles. The topological polar surface area (TPSA) is 3.24 Å². The first-order valence-corrected chi connectivity index (χ1v) is 13.7. The molecule has 0 N–H and O–H groups in total. The number of benzene rings is 7. The highest BCUT2D eigenvalue weighted by Crippen LogP contribution is 2.39. The van der Waals surface area contributed by atoms with Crippen molar-refractivity contribution in [3.05, 3.63) is 158 Å². The van der Waals surface area contributed by atoms with Crippen molar-refractivity contribution in [3.63, 3.8) is 0 Å². The van der Waals surface area contributed by atoms with E-state index in [2.05, 4.69) is 157 Å². The number of rotatable bonds is 5. The van der Waals surface area contributed by atoms with Gasteiger partial charge >= 0.3 is 0 Å². The van der Waals surface area contributed by atoms with Crippen LogP contribution in [0.4, 0.5) is 17.1 Å². The molecule has 0 fully saturated rings. The lowest BCUT2D eigenvalue weighted by molar-refractivity contribution is 1.29. The van der Waals surface area contributed by atoms with Crippen LogP contribution in [0.1, 0.15) is 12.5 Å². The molecule has 190 valence electrons. The van der Waals surface area contributed by atoms with Crippen molar-refractivity contribution in [3.8, 4) is 11.1 Å². The lowest BCUT2D eigenvalue weighted by Gasteiger charge is -2.26. The lowest BCUT2D eigenvalue weighted by Crippen LogP contribution is -2.10. The standard InChI is InChI=1S/C39H29N/c1-27(2)28-12-19-33(20-13-28)40(34-21-14-30(15-22-34)29-8-4-3-5-9-29)35-23-16-32-18-24-37-36-11-7-6-10-31(36)17-25-38(37)39(32)26-35/h3-26H,1H2,2H3. The van der Waals surface area contributed by atoms with Gasteiger partial charge in [0.25, 0.3) is 0 Å². The fraction of sp³-hybridized carbons (Fsp3) is 0.0256. The Morgan fingerprint density at radius 1 is 0.450 bits per heavy atom. The quantitative estimate of drug-likeness (QED) is 0.208. The molecule has 0 saturated heterocycles. The van der Waals surface area contributed by atoms with Crippen LogP contribution in [0.15, 0.2) is 152 Å². The summed E-state index contributed by atoms with van der Waals surface area (Å²) in [6.07, 6.45) is 0. The van der Waals surface area contributed by atoms with Gasteiger partial charge in [0.05, 0.1) is 0 Å². The average molecular weight is 512 g/mol. The van der Waals surface area contributed by atoms with Gasteiger partial charge in [-0.15, -0.1) is 0 Å². The largest absolute Gasteiger partial charge is 0.310 e. The normalized spacial score (nSPS) is 11.2. The first-order chi connectivity index (χ1) is 19.7. The molecule has 0 spiro atoms. The summed E-state index contributed by atoms with van der Waals surface area (Å²) >= 11 is 0. The fourth-order valence-corrected chi connectivity index (χ4v) is 5.72. The van der Waals surface area contributed by atoms with Gasteiger partial charge in [-0.25, -0.2) is 0 Å². The summed E-state index contributed by atoms with van der Waals surface area (Å²) in [6.45, 7) is 6.17. The second-order valence-corrected chi connectivity index (χ2v) is 10.4. The minimum atomic E-state index is 1.06. The molecule has 7 aromatic carbocycles. The summed E-state index contributed by atoms with van der Waals surface area (Å²) < 4.78 is 0. The van der Waals surface area contributed by atoms with E-state index in [1.165, 1.54) is 43.4 Å². The zero-order valence-electron chi connectivity index (χ0n) is 22.5. The average Bonchev–Trinajstić information content (AvgIpc) is 3.02. The maximum atomic E-state index is 4.13. The molecule has 1 nitrogen and oxygen atoms in total. The molecule has 7 rings (SSSR count). The zero-order chi connectivity index (χ0) is 27.1. The molecular formula is C39H29N. The van der Waals surface area contributed by atoms with Gasteiger partial charge in [0.2, 0.25) is 0 Å². The first-order valence-electron chi connectivity index (χ1n) is 13.7. The van der Waals surface area contributed by atoms with Crippen molar-refractivity contribution in [1.29, 1.82) is 0 Å². The Kier molecular flexibility index (Phi) is 5.91. The highest BCUT2D eigenvalue weighted by molar-refractivity contribution is 6.17. The monoisotopic (exact) mass is 511 g/mol. The predicted molar refractivity (Wildman–Crippen MR) is 174 cm³/mol. The Bertz CT molecular complexity index is 2000. The number of nitrogens with zero attached hydrogens (tertiary/aromatic N) is 1. The van der Waals surface area contributed by atoms with Crippen LogP contribution in [0.25, 0.3) is 49.0 Å². The number of allylic oxidation sites excluding steroid dienone is 1. The smallest absolute Gasteiger partial charge is 0.0468 e. The summed E-state index contributed by atoms with van der Waals surface area (Å²) in [6, 6.07) is 52.5. The van der Waals surface area contributed by atoms with Gasteiger partial charge in [-0.05, 0) is 92.3 Å². The summed E-state index contributed by atoms with van der Waals surface area (Å²) in [4.78, 5) is 2.34. The van der Waals surface area contributed by atoms with E-state index in [1.807, 2.05) is 6.92 Å². The summed E-state index contributed by atoms with van der Waals surface area (Å²) in [7, 11) is 0. The van der Waals surface area contributed by atoms with Crippen molar-refractivity contribution < 1.29 is 0 Å².